The van der Waals surface area contributed by atoms with Crippen LogP contribution in [-0.4, -0.2) is 26.6 Å². The minimum atomic E-state index is -3.58. The Bertz CT molecular complexity index is 1060. The Morgan fingerprint density at radius 3 is 2.39 bits per heavy atom. The summed E-state index contributed by atoms with van der Waals surface area (Å²) in [4.78, 5) is 3.51. The first-order chi connectivity index (χ1) is 13.1. The lowest BCUT2D eigenvalue weighted by molar-refractivity contribution is 0.415. The van der Waals surface area contributed by atoms with Crippen molar-refractivity contribution in [2.75, 3.05) is 7.11 Å². The lowest BCUT2D eigenvalue weighted by Gasteiger charge is -2.19. The number of ether oxygens (including phenoxy) is 1. The van der Waals surface area contributed by atoms with Gasteiger partial charge in [0.25, 0.3) is 0 Å². The molecule has 1 aromatic heterocycles. The van der Waals surface area contributed by atoms with Crippen molar-refractivity contribution in [3.05, 3.63) is 59.8 Å². The van der Waals surface area contributed by atoms with Crippen LogP contribution in [0.1, 0.15) is 38.8 Å². The largest absolute Gasteiger partial charge is 0.497 e. The second kappa shape index (κ2) is 7.60. The first kappa shape index (κ1) is 20.4. The zero-order chi connectivity index (χ0) is 20.5. The molecule has 0 aliphatic carbocycles. The lowest BCUT2D eigenvalue weighted by atomic mass is 9.87. The predicted octanol–water partition coefficient (Wildman–Crippen LogP) is 4.38. The molecule has 0 aliphatic rings. The van der Waals surface area contributed by atoms with Crippen molar-refractivity contribution in [2.24, 2.45) is 0 Å². The number of aromatic amines is 1. The molecule has 0 spiro atoms. The van der Waals surface area contributed by atoms with E-state index >= 15 is 0 Å². The summed E-state index contributed by atoms with van der Waals surface area (Å²) < 4.78 is 33.6. The van der Waals surface area contributed by atoms with E-state index in [0.29, 0.717) is 6.42 Å². The standard InChI is InChI=1S/C22H28N2O3S/c1-15(12-16-14-23-21-11-8-18(27-5)13-20(16)21)24-28(25,26)19-9-6-17(7-10-19)22(2,3)4/h6-11,13-15,23-24H,12H2,1-5H3. The zero-order valence-electron chi connectivity index (χ0n) is 17.0. The van der Waals surface area contributed by atoms with E-state index in [1.165, 1.54) is 0 Å². The number of hydrogen-bond donors (Lipinski definition) is 2. The summed E-state index contributed by atoms with van der Waals surface area (Å²) >= 11 is 0. The molecule has 1 unspecified atom stereocenters. The third kappa shape index (κ3) is 4.39. The van der Waals surface area contributed by atoms with E-state index in [4.69, 9.17) is 4.74 Å². The smallest absolute Gasteiger partial charge is 0.240 e. The van der Waals surface area contributed by atoms with Crippen molar-refractivity contribution in [3.63, 3.8) is 0 Å². The SMILES string of the molecule is COc1ccc2[nH]cc(CC(C)NS(=O)(=O)c3ccc(C(C)(C)C)cc3)c2c1. The Kier molecular flexibility index (Phi) is 5.55. The van der Waals surface area contributed by atoms with Crippen molar-refractivity contribution in [1.29, 1.82) is 0 Å². The number of rotatable bonds is 6. The molecule has 28 heavy (non-hydrogen) atoms. The third-order valence-electron chi connectivity index (χ3n) is 4.89. The minimum absolute atomic E-state index is 0.0145. The molecule has 3 rings (SSSR count). The average Bonchev–Trinajstić information content (AvgIpc) is 3.02. The Morgan fingerprint density at radius 1 is 1.11 bits per heavy atom. The summed E-state index contributed by atoms with van der Waals surface area (Å²) in [5.41, 5.74) is 3.14. The highest BCUT2D eigenvalue weighted by molar-refractivity contribution is 7.89. The molecule has 6 heteroatoms. The molecule has 0 amide bonds. The van der Waals surface area contributed by atoms with E-state index in [-0.39, 0.29) is 16.4 Å². The van der Waals surface area contributed by atoms with Crippen LogP contribution in [0.25, 0.3) is 10.9 Å². The summed E-state index contributed by atoms with van der Waals surface area (Å²) in [6, 6.07) is 12.7. The molecule has 150 valence electrons. The van der Waals surface area contributed by atoms with Crippen molar-refractivity contribution < 1.29 is 13.2 Å². The average molecular weight is 401 g/mol. The normalized spacial score (nSPS) is 13.6. The molecule has 0 bridgehead atoms. The van der Waals surface area contributed by atoms with Gasteiger partial charge in [0.15, 0.2) is 0 Å². The van der Waals surface area contributed by atoms with E-state index in [9.17, 15) is 8.42 Å². The zero-order valence-corrected chi connectivity index (χ0v) is 17.9. The molecular formula is C22H28N2O3S. The molecule has 5 nitrogen and oxygen atoms in total. The van der Waals surface area contributed by atoms with Crippen LogP contribution < -0.4 is 9.46 Å². The Balaban J connectivity index is 1.76. The van der Waals surface area contributed by atoms with E-state index in [1.54, 1.807) is 19.2 Å². The van der Waals surface area contributed by atoms with Gasteiger partial charge in [-0.3, -0.25) is 0 Å². The first-order valence-corrected chi connectivity index (χ1v) is 10.9. The Labute approximate surface area is 167 Å². The van der Waals surface area contributed by atoms with Crippen molar-refractivity contribution in [3.8, 4) is 5.75 Å². The minimum Gasteiger partial charge on any atom is -0.497 e. The fraction of sp³-hybridized carbons (Fsp3) is 0.364. The molecule has 0 saturated carbocycles. The number of methoxy groups -OCH3 is 1. The Morgan fingerprint density at radius 2 is 1.79 bits per heavy atom. The second-order valence-corrected chi connectivity index (χ2v) is 9.94. The van der Waals surface area contributed by atoms with Gasteiger partial charge >= 0.3 is 0 Å². The summed E-state index contributed by atoms with van der Waals surface area (Å²) in [6.45, 7) is 8.19. The van der Waals surface area contributed by atoms with Gasteiger partial charge < -0.3 is 9.72 Å². The molecule has 2 aromatic carbocycles. The lowest BCUT2D eigenvalue weighted by Crippen LogP contribution is -2.34. The van der Waals surface area contributed by atoms with Gasteiger partial charge in [-0.1, -0.05) is 32.9 Å². The number of fused-ring (bicyclic) bond motifs is 1. The molecule has 0 radical (unpaired) electrons. The maximum Gasteiger partial charge on any atom is 0.240 e. The van der Waals surface area contributed by atoms with E-state index < -0.39 is 10.0 Å². The van der Waals surface area contributed by atoms with Gasteiger partial charge in [-0.05, 0) is 60.2 Å². The molecule has 0 aliphatic heterocycles. The Hall–Kier alpha value is -2.31. The molecule has 2 N–H and O–H groups in total. The summed E-state index contributed by atoms with van der Waals surface area (Å²) in [7, 11) is -1.94. The fourth-order valence-corrected chi connectivity index (χ4v) is 4.54. The highest BCUT2D eigenvalue weighted by Crippen LogP contribution is 2.26. The topological polar surface area (TPSA) is 71.2 Å². The van der Waals surface area contributed by atoms with Crippen molar-refractivity contribution >= 4 is 20.9 Å². The molecule has 3 aromatic rings. The summed E-state index contributed by atoms with van der Waals surface area (Å²) in [5.74, 6) is 0.778. The molecule has 0 fully saturated rings. The summed E-state index contributed by atoms with van der Waals surface area (Å²) in [5, 5.41) is 1.04. The number of H-pyrrole nitrogens is 1. The summed E-state index contributed by atoms with van der Waals surface area (Å²) in [6.07, 6.45) is 2.50. The third-order valence-corrected chi connectivity index (χ3v) is 6.49. The highest BCUT2D eigenvalue weighted by atomic mass is 32.2. The van der Waals surface area contributed by atoms with Crippen LogP contribution in [0.15, 0.2) is 53.6 Å². The number of hydrogen-bond acceptors (Lipinski definition) is 3. The van der Waals surface area contributed by atoms with Crippen molar-refractivity contribution in [2.45, 2.75) is 50.5 Å². The highest BCUT2D eigenvalue weighted by Gasteiger charge is 2.20. The van der Waals surface area contributed by atoms with E-state index in [1.807, 2.05) is 43.5 Å². The number of aromatic nitrogens is 1. The first-order valence-electron chi connectivity index (χ1n) is 9.37. The molecule has 1 heterocycles. The predicted molar refractivity (Wildman–Crippen MR) is 113 cm³/mol. The second-order valence-electron chi connectivity index (χ2n) is 8.23. The van der Waals surface area contributed by atoms with Gasteiger partial charge in [0.05, 0.1) is 12.0 Å². The van der Waals surface area contributed by atoms with E-state index in [2.05, 4.69) is 30.5 Å². The van der Waals surface area contributed by atoms with Gasteiger partial charge in [0.1, 0.15) is 5.75 Å². The van der Waals surface area contributed by atoms with Gasteiger partial charge in [-0.2, -0.15) is 0 Å². The quantitative estimate of drug-likeness (QED) is 0.645. The number of sulfonamides is 1. The number of nitrogens with one attached hydrogen (secondary N) is 2. The maximum absolute atomic E-state index is 12.8. The van der Waals surface area contributed by atoms with Gasteiger partial charge in [-0.15, -0.1) is 0 Å². The molecular weight excluding hydrogens is 372 g/mol. The van der Waals surface area contributed by atoms with E-state index in [0.717, 1.165) is 27.8 Å². The maximum atomic E-state index is 12.8. The van der Waals surface area contributed by atoms with Crippen LogP contribution in [0.2, 0.25) is 0 Å². The number of benzene rings is 2. The van der Waals surface area contributed by atoms with Crippen LogP contribution in [-0.2, 0) is 21.9 Å². The van der Waals surface area contributed by atoms with Gasteiger partial charge in [0, 0.05) is 23.1 Å². The van der Waals surface area contributed by atoms with Gasteiger partial charge in [0.2, 0.25) is 10.0 Å². The van der Waals surface area contributed by atoms with Crippen LogP contribution in [0.3, 0.4) is 0 Å². The van der Waals surface area contributed by atoms with Crippen LogP contribution in [0.5, 0.6) is 5.75 Å². The molecule has 1 atom stereocenters. The fourth-order valence-electron chi connectivity index (χ4n) is 3.29. The molecule has 0 saturated heterocycles. The van der Waals surface area contributed by atoms with Crippen molar-refractivity contribution in [1.82, 2.24) is 9.71 Å². The van der Waals surface area contributed by atoms with Crippen LogP contribution >= 0.6 is 0 Å². The van der Waals surface area contributed by atoms with Crippen LogP contribution in [0.4, 0.5) is 0 Å². The monoisotopic (exact) mass is 400 g/mol. The van der Waals surface area contributed by atoms with Crippen LogP contribution in [0, 0.1) is 0 Å². The van der Waals surface area contributed by atoms with Gasteiger partial charge in [-0.25, -0.2) is 13.1 Å².